The second-order valence-corrected chi connectivity index (χ2v) is 9.26. The Kier molecular flexibility index (Phi) is 7.76. The maximum atomic E-state index is 11.6. The molecule has 0 radical (unpaired) electrons. The smallest absolute Gasteiger partial charge is 0.175 e. The summed E-state index contributed by atoms with van der Waals surface area (Å²) >= 11 is 4.86. The van der Waals surface area contributed by atoms with Gasteiger partial charge in [0.25, 0.3) is 0 Å². The predicted octanol–water partition coefficient (Wildman–Crippen LogP) is 5.21. The summed E-state index contributed by atoms with van der Waals surface area (Å²) in [5, 5.41) is 8.47. The molecule has 0 fully saturated rings. The summed E-state index contributed by atoms with van der Waals surface area (Å²) in [6, 6.07) is 15.3. The van der Waals surface area contributed by atoms with Crippen LogP contribution < -0.4 is 9.47 Å². The van der Waals surface area contributed by atoms with Gasteiger partial charge in [0.2, 0.25) is 0 Å². The lowest BCUT2D eigenvalue weighted by Gasteiger charge is -2.08. The largest absolute Gasteiger partial charge is 0.497 e. The average Bonchev–Trinajstić information content (AvgIpc) is 3.18. The van der Waals surface area contributed by atoms with Gasteiger partial charge in [0.1, 0.15) is 11.5 Å². The minimum absolute atomic E-state index is 0.00547. The first kappa shape index (κ1) is 20.7. The van der Waals surface area contributed by atoms with E-state index in [1.165, 1.54) is 5.56 Å². The number of rotatable bonds is 10. The highest BCUT2D eigenvalue weighted by atomic mass is 32.2. The SMILES string of the molecule is COc1ccc(CSc2nnc(SCCOc3ccccc3C(C)=O)s2)cc1. The molecule has 0 aliphatic heterocycles. The molecular weight excluding hydrogens is 412 g/mol. The number of thioether (sulfide) groups is 2. The fourth-order valence-corrected chi connectivity index (χ4v) is 5.21. The van der Waals surface area contributed by atoms with Crippen molar-refractivity contribution in [2.75, 3.05) is 19.5 Å². The number of ketones is 1. The summed E-state index contributed by atoms with van der Waals surface area (Å²) in [7, 11) is 1.66. The summed E-state index contributed by atoms with van der Waals surface area (Å²) in [6.07, 6.45) is 0. The second-order valence-electron chi connectivity index (χ2n) is 5.72. The quantitative estimate of drug-likeness (QED) is 0.247. The summed E-state index contributed by atoms with van der Waals surface area (Å²) in [6.45, 7) is 2.05. The lowest BCUT2D eigenvalue weighted by Crippen LogP contribution is -2.04. The fourth-order valence-electron chi connectivity index (χ4n) is 2.34. The molecule has 0 atom stereocenters. The molecule has 0 spiro atoms. The van der Waals surface area contributed by atoms with E-state index >= 15 is 0 Å². The third-order valence-electron chi connectivity index (χ3n) is 3.74. The molecule has 0 saturated carbocycles. The van der Waals surface area contributed by atoms with Crippen LogP contribution in [-0.2, 0) is 5.75 Å². The lowest BCUT2D eigenvalue weighted by atomic mass is 10.1. The molecule has 2 aromatic carbocycles. The molecule has 0 aliphatic carbocycles. The standard InChI is InChI=1S/C20H20N2O3S3/c1-14(23)17-5-3-4-6-18(17)25-11-12-26-19-21-22-20(28-19)27-13-15-7-9-16(24-2)10-8-15/h3-10H,11-13H2,1-2H3. The van der Waals surface area contributed by atoms with Gasteiger partial charge in [-0.2, -0.15) is 0 Å². The number of para-hydroxylation sites is 1. The lowest BCUT2D eigenvalue weighted by molar-refractivity contribution is 0.101. The number of aromatic nitrogens is 2. The van der Waals surface area contributed by atoms with Gasteiger partial charge in [0, 0.05) is 11.5 Å². The summed E-state index contributed by atoms with van der Waals surface area (Å²) in [4.78, 5) is 11.6. The molecule has 3 aromatic rings. The van der Waals surface area contributed by atoms with Crippen molar-refractivity contribution in [3.8, 4) is 11.5 Å². The molecule has 1 aromatic heterocycles. The van der Waals surface area contributed by atoms with Crippen LogP contribution in [0.1, 0.15) is 22.8 Å². The summed E-state index contributed by atoms with van der Waals surface area (Å²) in [5.74, 6) is 3.07. The molecule has 0 aliphatic rings. The summed E-state index contributed by atoms with van der Waals surface area (Å²) < 4.78 is 12.8. The van der Waals surface area contributed by atoms with Crippen LogP contribution in [0.25, 0.3) is 0 Å². The first-order valence-electron chi connectivity index (χ1n) is 8.60. The van der Waals surface area contributed by atoms with Crippen LogP contribution in [-0.4, -0.2) is 35.5 Å². The van der Waals surface area contributed by atoms with Gasteiger partial charge in [-0.25, -0.2) is 0 Å². The molecular formula is C20H20N2O3S3. The van der Waals surface area contributed by atoms with Crippen molar-refractivity contribution in [1.29, 1.82) is 0 Å². The van der Waals surface area contributed by atoms with Crippen LogP contribution in [0, 0.1) is 0 Å². The van der Waals surface area contributed by atoms with Gasteiger partial charge in [-0.3, -0.25) is 4.79 Å². The number of methoxy groups -OCH3 is 1. The average molecular weight is 433 g/mol. The Morgan fingerprint density at radius 1 is 1.04 bits per heavy atom. The number of hydrogen-bond donors (Lipinski definition) is 0. The molecule has 3 rings (SSSR count). The highest BCUT2D eigenvalue weighted by Crippen LogP contribution is 2.31. The molecule has 28 heavy (non-hydrogen) atoms. The number of hydrogen-bond acceptors (Lipinski definition) is 8. The zero-order valence-corrected chi connectivity index (χ0v) is 18.0. The van der Waals surface area contributed by atoms with Gasteiger partial charge in [-0.1, -0.05) is 59.1 Å². The highest BCUT2D eigenvalue weighted by Gasteiger charge is 2.09. The zero-order valence-electron chi connectivity index (χ0n) is 15.6. The molecule has 0 saturated heterocycles. The Morgan fingerprint density at radius 3 is 2.46 bits per heavy atom. The Hall–Kier alpha value is -2.03. The maximum absolute atomic E-state index is 11.6. The molecule has 0 amide bonds. The minimum atomic E-state index is 0.00547. The van der Waals surface area contributed by atoms with E-state index in [2.05, 4.69) is 22.3 Å². The van der Waals surface area contributed by atoms with Gasteiger partial charge in [-0.05, 0) is 36.8 Å². The number of benzene rings is 2. The first-order valence-corrected chi connectivity index (χ1v) is 11.4. The number of carbonyl (C=O) groups excluding carboxylic acids is 1. The van der Waals surface area contributed by atoms with Crippen molar-refractivity contribution in [2.24, 2.45) is 0 Å². The topological polar surface area (TPSA) is 61.3 Å². The number of ether oxygens (including phenoxy) is 2. The third-order valence-corrected chi connectivity index (χ3v) is 6.97. The van der Waals surface area contributed by atoms with E-state index < -0.39 is 0 Å². The second kappa shape index (κ2) is 10.5. The number of nitrogens with zero attached hydrogens (tertiary/aromatic N) is 2. The Morgan fingerprint density at radius 2 is 1.75 bits per heavy atom. The normalized spacial score (nSPS) is 10.6. The van der Waals surface area contributed by atoms with Crippen LogP contribution in [0.2, 0.25) is 0 Å². The van der Waals surface area contributed by atoms with Gasteiger partial charge in [0.15, 0.2) is 14.5 Å². The van der Waals surface area contributed by atoms with E-state index in [1.54, 1.807) is 55.0 Å². The summed E-state index contributed by atoms with van der Waals surface area (Å²) in [5.41, 5.74) is 1.83. The number of Topliss-reactive ketones (excluding diaryl/α,β-unsaturated/α-hetero) is 1. The zero-order chi connectivity index (χ0) is 19.8. The minimum Gasteiger partial charge on any atom is -0.497 e. The van der Waals surface area contributed by atoms with E-state index in [9.17, 15) is 4.79 Å². The Labute approximate surface area is 176 Å². The molecule has 0 unspecified atom stereocenters. The molecule has 5 nitrogen and oxygen atoms in total. The van der Waals surface area contributed by atoms with Gasteiger partial charge in [0.05, 0.1) is 19.3 Å². The van der Waals surface area contributed by atoms with E-state index in [1.807, 2.05) is 30.3 Å². The van der Waals surface area contributed by atoms with Crippen molar-refractivity contribution in [3.63, 3.8) is 0 Å². The van der Waals surface area contributed by atoms with E-state index in [0.717, 1.165) is 25.9 Å². The molecule has 146 valence electrons. The van der Waals surface area contributed by atoms with Crippen LogP contribution in [0.15, 0.2) is 57.2 Å². The Balaban J connectivity index is 1.43. The molecule has 8 heteroatoms. The van der Waals surface area contributed by atoms with Crippen LogP contribution in [0.5, 0.6) is 11.5 Å². The van der Waals surface area contributed by atoms with E-state index in [4.69, 9.17) is 9.47 Å². The molecule has 0 bridgehead atoms. The van der Waals surface area contributed by atoms with Gasteiger partial charge < -0.3 is 9.47 Å². The van der Waals surface area contributed by atoms with Crippen molar-refractivity contribution in [2.45, 2.75) is 21.4 Å². The first-order chi connectivity index (χ1) is 13.7. The molecule has 0 N–H and O–H groups in total. The van der Waals surface area contributed by atoms with Crippen molar-refractivity contribution in [1.82, 2.24) is 10.2 Å². The van der Waals surface area contributed by atoms with Gasteiger partial charge >= 0.3 is 0 Å². The van der Waals surface area contributed by atoms with E-state index in [-0.39, 0.29) is 5.78 Å². The predicted molar refractivity (Wildman–Crippen MR) is 115 cm³/mol. The van der Waals surface area contributed by atoms with E-state index in [0.29, 0.717) is 17.9 Å². The van der Waals surface area contributed by atoms with Crippen molar-refractivity contribution >= 4 is 40.6 Å². The maximum Gasteiger partial charge on any atom is 0.175 e. The van der Waals surface area contributed by atoms with Crippen molar-refractivity contribution < 1.29 is 14.3 Å². The molecule has 1 heterocycles. The van der Waals surface area contributed by atoms with Crippen LogP contribution >= 0.6 is 34.9 Å². The van der Waals surface area contributed by atoms with Crippen LogP contribution in [0.4, 0.5) is 0 Å². The Bertz CT molecular complexity index is 913. The highest BCUT2D eigenvalue weighted by molar-refractivity contribution is 8.02. The third kappa shape index (κ3) is 5.98. The number of carbonyl (C=O) groups is 1. The van der Waals surface area contributed by atoms with Crippen LogP contribution in [0.3, 0.4) is 0 Å². The van der Waals surface area contributed by atoms with Gasteiger partial charge in [-0.15, -0.1) is 10.2 Å². The monoisotopic (exact) mass is 432 g/mol. The van der Waals surface area contributed by atoms with Crippen molar-refractivity contribution in [3.05, 3.63) is 59.7 Å². The fraction of sp³-hybridized carbons (Fsp3) is 0.250.